The van der Waals surface area contributed by atoms with E-state index < -0.39 is 0 Å². The molecule has 0 aliphatic heterocycles. The summed E-state index contributed by atoms with van der Waals surface area (Å²) in [4.78, 5) is 12.1. The van der Waals surface area contributed by atoms with Gasteiger partial charge in [0.1, 0.15) is 17.2 Å². The zero-order valence-corrected chi connectivity index (χ0v) is 13.1. The van der Waals surface area contributed by atoms with Crippen LogP contribution in [0.1, 0.15) is 5.56 Å². The molecule has 116 valence electrons. The average molecular weight is 321 g/mol. The van der Waals surface area contributed by atoms with Gasteiger partial charge in [-0.25, -0.2) is 4.79 Å². The Morgan fingerprint density at radius 1 is 1.05 bits per heavy atom. The van der Waals surface area contributed by atoms with Gasteiger partial charge in [0.25, 0.3) is 0 Å². The Balaban J connectivity index is 2.05. The summed E-state index contributed by atoms with van der Waals surface area (Å²) in [5.74, 6) is 1.04. The largest absolute Gasteiger partial charge is 0.494 e. The summed E-state index contributed by atoms with van der Waals surface area (Å²) in [6, 6.07) is 12.2. The third-order valence-electron chi connectivity index (χ3n) is 3.06. The first-order chi connectivity index (χ1) is 10.7. The van der Waals surface area contributed by atoms with Crippen molar-refractivity contribution in [3.63, 3.8) is 0 Å². The second kappa shape index (κ2) is 7.56. The van der Waals surface area contributed by atoms with E-state index in [4.69, 9.17) is 21.1 Å². The van der Waals surface area contributed by atoms with Crippen LogP contribution in [0.5, 0.6) is 11.5 Å². The van der Waals surface area contributed by atoms with Crippen molar-refractivity contribution in [3.05, 3.63) is 53.1 Å². The molecule has 2 aromatic rings. The van der Waals surface area contributed by atoms with E-state index in [0.717, 1.165) is 5.56 Å². The fourth-order valence-corrected chi connectivity index (χ4v) is 2.15. The average Bonchev–Trinajstić information content (AvgIpc) is 2.54. The van der Waals surface area contributed by atoms with Gasteiger partial charge in [-0.1, -0.05) is 35.9 Å². The van der Waals surface area contributed by atoms with E-state index in [1.807, 2.05) is 18.2 Å². The number of carbonyl (C=O) groups excluding carboxylic acids is 1. The molecular formula is C16H17ClN2O3. The maximum absolute atomic E-state index is 12.1. The van der Waals surface area contributed by atoms with Gasteiger partial charge >= 0.3 is 6.03 Å². The van der Waals surface area contributed by atoms with Gasteiger partial charge in [0.05, 0.1) is 14.2 Å². The Morgan fingerprint density at radius 2 is 1.68 bits per heavy atom. The molecule has 0 fully saturated rings. The number of halogens is 1. The van der Waals surface area contributed by atoms with Crippen molar-refractivity contribution in [1.29, 1.82) is 0 Å². The first-order valence-electron chi connectivity index (χ1n) is 6.65. The Labute approximate surface area is 134 Å². The number of para-hydroxylation sites is 1. The molecule has 0 unspecified atom stereocenters. The van der Waals surface area contributed by atoms with Crippen molar-refractivity contribution >= 4 is 23.3 Å². The van der Waals surface area contributed by atoms with Crippen molar-refractivity contribution in [1.82, 2.24) is 5.32 Å². The van der Waals surface area contributed by atoms with E-state index >= 15 is 0 Å². The van der Waals surface area contributed by atoms with Gasteiger partial charge in [-0.2, -0.15) is 0 Å². The lowest BCUT2D eigenvalue weighted by atomic mass is 10.2. The van der Waals surface area contributed by atoms with Crippen molar-refractivity contribution in [2.24, 2.45) is 0 Å². The lowest BCUT2D eigenvalue weighted by Crippen LogP contribution is -2.28. The molecule has 0 aliphatic carbocycles. The topological polar surface area (TPSA) is 59.6 Å². The molecule has 0 bridgehead atoms. The number of urea groups is 1. The molecule has 0 aromatic heterocycles. The van der Waals surface area contributed by atoms with Crippen LogP contribution in [0.25, 0.3) is 0 Å². The highest BCUT2D eigenvalue weighted by atomic mass is 35.5. The Morgan fingerprint density at radius 3 is 2.27 bits per heavy atom. The number of rotatable bonds is 5. The maximum atomic E-state index is 12.1. The SMILES string of the molecule is COc1cccc(OC)c1NC(=O)NCc1ccccc1Cl. The third kappa shape index (κ3) is 3.83. The highest BCUT2D eigenvalue weighted by Gasteiger charge is 2.13. The van der Waals surface area contributed by atoms with Crippen LogP contribution < -0.4 is 20.1 Å². The molecule has 5 nitrogen and oxygen atoms in total. The summed E-state index contributed by atoms with van der Waals surface area (Å²) >= 11 is 6.05. The molecule has 0 radical (unpaired) electrons. The molecular weight excluding hydrogens is 304 g/mol. The van der Waals surface area contributed by atoms with Crippen molar-refractivity contribution in [2.75, 3.05) is 19.5 Å². The lowest BCUT2D eigenvalue weighted by Gasteiger charge is -2.14. The number of anilines is 1. The summed E-state index contributed by atoms with van der Waals surface area (Å²) in [6.07, 6.45) is 0. The van der Waals surface area contributed by atoms with Crippen molar-refractivity contribution in [2.45, 2.75) is 6.54 Å². The zero-order chi connectivity index (χ0) is 15.9. The number of hydrogen-bond acceptors (Lipinski definition) is 3. The van der Waals surface area contributed by atoms with Gasteiger partial charge < -0.3 is 20.1 Å². The van der Waals surface area contributed by atoms with E-state index in [2.05, 4.69) is 10.6 Å². The van der Waals surface area contributed by atoms with Crippen molar-refractivity contribution in [3.8, 4) is 11.5 Å². The van der Waals surface area contributed by atoms with E-state index in [1.54, 1.807) is 24.3 Å². The highest BCUT2D eigenvalue weighted by molar-refractivity contribution is 6.31. The monoisotopic (exact) mass is 320 g/mol. The number of carbonyl (C=O) groups is 1. The second-order valence-electron chi connectivity index (χ2n) is 4.44. The minimum Gasteiger partial charge on any atom is -0.494 e. The quantitative estimate of drug-likeness (QED) is 0.883. The summed E-state index contributed by atoms with van der Waals surface area (Å²) in [7, 11) is 3.06. The van der Waals surface area contributed by atoms with Gasteiger partial charge in [0.2, 0.25) is 0 Å². The van der Waals surface area contributed by atoms with Crippen LogP contribution in [-0.2, 0) is 6.54 Å². The molecule has 6 heteroatoms. The highest BCUT2D eigenvalue weighted by Crippen LogP contribution is 2.33. The van der Waals surface area contributed by atoms with E-state index in [9.17, 15) is 4.79 Å². The maximum Gasteiger partial charge on any atom is 0.319 e. The number of methoxy groups -OCH3 is 2. The fourth-order valence-electron chi connectivity index (χ4n) is 1.95. The molecule has 0 aliphatic rings. The predicted octanol–water partition coefficient (Wildman–Crippen LogP) is 3.68. The second-order valence-corrected chi connectivity index (χ2v) is 4.84. The number of nitrogens with one attached hydrogen (secondary N) is 2. The van der Waals surface area contributed by atoms with Gasteiger partial charge in [0, 0.05) is 11.6 Å². The smallest absolute Gasteiger partial charge is 0.319 e. The Kier molecular flexibility index (Phi) is 5.49. The van der Waals surface area contributed by atoms with Gasteiger partial charge in [-0.05, 0) is 23.8 Å². The number of ether oxygens (including phenoxy) is 2. The Hall–Kier alpha value is -2.40. The molecule has 2 N–H and O–H groups in total. The molecule has 0 saturated carbocycles. The van der Waals surface area contributed by atoms with Crippen LogP contribution >= 0.6 is 11.6 Å². The van der Waals surface area contributed by atoms with Crippen LogP contribution in [-0.4, -0.2) is 20.3 Å². The van der Waals surface area contributed by atoms with Crippen molar-refractivity contribution < 1.29 is 14.3 Å². The summed E-state index contributed by atoms with van der Waals surface area (Å²) < 4.78 is 10.5. The molecule has 0 atom stereocenters. The molecule has 0 saturated heterocycles. The molecule has 2 aromatic carbocycles. The minimum absolute atomic E-state index is 0.322. The third-order valence-corrected chi connectivity index (χ3v) is 3.43. The molecule has 0 heterocycles. The predicted molar refractivity (Wildman–Crippen MR) is 86.9 cm³/mol. The first kappa shape index (κ1) is 16.0. The standard InChI is InChI=1S/C16H17ClN2O3/c1-21-13-8-5-9-14(22-2)15(13)19-16(20)18-10-11-6-3-4-7-12(11)17/h3-9H,10H2,1-2H3,(H2,18,19,20). The summed E-state index contributed by atoms with van der Waals surface area (Å²) in [5, 5.41) is 6.08. The molecule has 22 heavy (non-hydrogen) atoms. The summed E-state index contributed by atoms with van der Waals surface area (Å²) in [5.41, 5.74) is 1.32. The van der Waals surface area contributed by atoms with Crippen LogP contribution in [0.3, 0.4) is 0 Å². The van der Waals surface area contributed by atoms with Crippen LogP contribution in [0.2, 0.25) is 5.02 Å². The minimum atomic E-state index is -0.372. The zero-order valence-electron chi connectivity index (χ0n) is 12.4. The number of benzene rings is 2. The van der Waals surface area contributed by atoms with Crippen LogP contribution in [0, 0.1) is 0 Å². The Bertz CT molecular complexity index is 639. The number of amides is 2. The van der Waals surface area contributed by atoms with E-state index in [0.29, 0.717) is 28.8 Å². The van der Waals surface area contributed by atoms with Gasteiger partial charge in [0.15, 0.2) is 0 Å². The summed E-state index contributed by atoms with van der Waals surface area (Å²) in [6.45, 7) is 0.322. The number of hydrogen-bond donors (Lipinski definition) is 2. The normalized spacial score (nSPS) is 9.95. The van der Waals surface area contributed by atoms with E-state index in [-0.39, 0.29) is 6.03 Å². The van der Waals surface area contributed by atoms with Gasteiger partial charge in [-0.15, -0.1) is 0 Å². The lowest BCUT2D eigenvalue weighted by molar-refractivity contribution is 0.251. The fraction of sp³-hybridized carbons (Fsp3) is 0.188. The van der Waals surface area contributed by atoms with E-state index in [1.165, 1.54) is 14.2 Å². The van der Waals surface area contributed by atoms with Crippen LogP contribution in [0.15, 0.2) is 42.5 Å². The first-order valence-corrected chi connectivity index (χ1v) is 7.02. The van der Waals surface area contributed by atoms with Crippen LogP contribution in [0.4, 0.5) is 10.5 Å². The molecule has 2 rings (SSSR count). The van der Waals surface area contributed by atoms with Gasteiger partial charge in [-0.3, -0.25) is 0 Å². The molecule has 2 amide bonds. The molecule has 0 spiro atoms.